The second kappa shape index (κ2) is 6.54. The molecule has 0 aromatic carbocycles. The van der Waals surface area contributed by atoms with E-state index in [0.717, 1.165) is 34.4 Å². The minimum absolute atomic E-state index is 0.0616. The molecule has 4 nitrogen and oxygen atoms in total. The Labute approximate surface area is 105 Å². The van der Waals surface area contributed by atoms with Crippen molar-refractivity contribution in [2.24, 2.45) is 5.73 Å². The van der Waals surface area contributed by atoms with Gasteiger partial charge in [0.05, 0.1) is 6.61 Å². The Kier molecular flexibility index (Phi) is 5.68. The average Bonchev–Trinajstić information content (AvgIpc) is 2.70. The zero-order valence-corrected chi connectivity index (χ0v) is 11.4. The summed E-state index contributed by atoms with van der Waals surface area (Å²) in [5, 5.41) is 18.2. The molecule has 16 heavy (non-hydrogen) atoms. The zero-order valence-electron chi connectivity index (χ0n) is 9.77. The summed E-state index contributed by atoms with van der Waals surface area (Å²) < 4.78 is 1.01. The Morgan fingerprint density at radius 3 is 2.75 bits per heavy atom. The molecule has 92 valence electrons. The fourth-order valence-electron chi connectivity index (χ4n) is 1.29. The third kappa shape index (κ3) is 4.37. The van der Waals surface area contributed by atoms with Crippen LogP contribution in [0.25, 0.3) is 0 Å². The molecule has 1 aromatic rings. The Morgan fingerprint density at radius 2 is 2.25 bits per heavy atom. The van der Waals surface area contributed by atoms with Crippen molar-refractivity contribution >= 4 is 23.1 Å². The number of aromatic nitrogens is 2. The topological polar surface area (TPSA) is 72.0 Å². The van der Waals surface area contributed by atoms with Gasteiger partial charge in [-0.1, -0.05) is 30.0 Å². The SMILES string of the molecule is CCC(N)(CO)CCCSc1nnc(C)s1. The van der Waals surface area contributed by atoms with Gasteiger partial charge < -0.3 is 10.8 Å². The Balaban J connectivity index is 2.21. The molecule has 0 aliphatic carbocycles. The smallest absolute Gasteiger partial charge is 0.174 e. The van der Waals surface area contributed by atoms with Crippen LogP contribution in [0.1, 0.15) is 31.2 Å². The second-order valence-corrected chi connectivity index (χ2v) is 6.44. The Morgan fingerprint density at radius 1 is 1.50 bits per heavy atom. The number of aryl methyl sites for hydroxylation is 1. The molecule has 0 aliphatic heterocycles. The molecule has 0 bridgehead atoms. The minimum Gasteiger partial charge on any atom is -0.394 e. The molecule has 1 rings (SSSR count). The first kappa shape index (κ1) is 13.9. The van der Waals surface area contributed by atoms with Crippen LogP contribution >= 0.6 is 23.1 Å². The van der Waals surface area contributed by atoms with E-state index in [2.05, 4.69) is 10.2 Å². The van der Waals surface area contributed by atoms with Crippen LogP contribution in [0.15, 0.2) is 4.34 Å². The number of thioether (sulfide) groups is 1. The van der Waals surface area contributed by atoms with Crippen molar-refractivity contribution in [3.05, 3.63) is 5.01 Å². The molecule has 0 aliphatic rings. The summed E-state index contributed by atoms with van der Waals surface area (Å²) in [6, 6.07) is 0. The number of hydrogen-bond donors (Lipinski definition) is 2. The predicted octanol–water partition coefficient (Wildman–Crippen LogP) is 1.82. The number of nitrogens with zero attached hydrogens (tertiary/aromatic N) is 2. The normalized spacial score (nSPS) is 15.0. The van der Waals surface area contributed by atoms with Crippen LogP contribution in [0.2, 0.25) is 0 Å². The maximum Gasteiger partial charge on any atom is 0.174 e. The number of nitrogens with two attached hydrogens (primary N) is 1. The van der Waals surface area contributed by atoms with Crippen molar-refractivity contribution in [2.45, 2.75) is 43.0 Å². The minimum atomic E-state index is -0.405. The summed E-state index contributed by atoms with van der Waals surface area (Å²) in [6.07, 6.45) is 2.66. The highest BCUT2D eigenvalue weighted by atomic mass is 32.2. The van der Waals surface area contributed by atoms with Gasteiger partial charge in [-0.3, -0.25) is 0 Å². The summed E-state index contributed by atoms with van der Waals surface area (Å²) in [6.45, 7) is 4.03. The van der Waals surface area contributed by atoms with Crippen molar-refractivity contribution in [2.75, 3.05) is 12.4 Å². The van der Waals surface area contributed by atoms with Gasteiger partial charge in [-0.25, -0.2) is 0 Å². The highest BCUT2D eigenvalue weighted by Crippen LogP contribution is 2.24. The summed E-state index contributed by atoms with van der Waals surface area (Å²) in [5.74, 6) is 0.980. The van der Waals surface area contributed by atoms with Gasteiger partial charge in [0.15, 0.2) is 4.34 Å². The van der Waals surface area contributed by atoms with Crippen molar-refractivity contribution in [1.29, 1.82) is 0 Å². The van der Waals surface area contributed by atoms with Gasteiger partial charge in [0, 0.05) is 11.3 Å². The second-order valence-electron chi connectivity index (χ2n) is 3.91. The van der Waals surface area contributed by atoms with Crippen LogP contribution in [0, 0.1) is 6.92 Å². The van der Waals surface area contributed by atoms with E-state index in [1.54, 1.807) is 23.1 Å². The lowest BCUT2D eigenvalue weighted by Crippen LogP contribution is -2.42. The van der Waals surface area contributed by atoms with E-state index in [4.69, 9.17) is 10.8 Å². The molecular weight excluding hydrogens is 242 g/mol. The fourth-order valence-corrected chi connectivity index (χ4v) is 3.11. The van der Waals surface area contributed by atoms with E-state index in [1.165, 1.54) is 0 Å². The molecule has 0 saturated carbocycles. The third-order valence-electron chi connectivity index (χ3n) is 2.57. The van der Waals surface area contributed by atoms with Crippen LogP contribution in [-0.2, 0) is 0 Å². The summed E-state index contributed by atoms with van der Waals surface area (Å²) in [7, 11) is 0. The molecule has 1 atom stereocenters. The van der Waals surface area contributed by atoms with Crippen molar-refractivity contribution in [3.63, 3.8) is 0 Å². The largest absolute Gasteiger partial charge is 0.394 e. The average molecular weight is 261 g/mol. The van der Waals surface area contributed by atoms with Crippen molar-refractivity contribution in [1.82, 2.24) is 10.2 Å². The third-order valence-corrected chi connectivity index (χ3v) is 4.63. The van der Waals surface area contributed by atoms with E-state index in [-0.39, 0.29) is 6.61 Å². The Bertz CT molecular complexity index is 313. The molecular formula is C10H19N3OS2. The van der Waals surface area contributed by atoms with E-state index in [1.807, 2.05) is 13.8 Å². The Hall–Kier alpha value is -0.170. The molecule has 0 amide bonds. The standard InChI is InChI=1S/C10H19N3OS2/c1-3-10(11,7-14)5-4-6-15-9-13-12-8(2)16-9/h14H,3-7,11H2,1-2H3. The van der Waals surface area contributed by atoms with E-state index in [0.29, 0.717) is 0 Å². The quantitative estimate of drug-likeness (QED) is 0.578. The molecule has 1 heterocycles. The number of hydrogen-bond acceptors (Lipinski definition) is 6. The maximum absolute atomic E-state index is 9.15. The molecule has 0 spiro atoms. The number of aliphatic hydroxyl groups is 1. The highest BCUT2D eigenvalue weighted by molar-refractivity contribution is 8.01. The molecule has 0 radical (unpaired) electrons. The summed E-state index contributed by atoms with van der Waals surface area (Å²) in [4.78, 5) is 0. The van der Waals surface area contributed by atoms with Crippen LogP contribution in [-0.4, -0.2) is 33.2 Å². The first-order chi connectivity index (χ1) is 7.59. The monoisotopic (exact) mass is 261 g/mol. The highest BCUT2D eigenvalue weighted by Gasteiger charge is 2.20. The van der Waals surface area contributed by atoms with Gasteiger partial charge in [-0.2, -0.15) is 0 Å². The maximum atomic E-state index is 9.15. The molecule has 1 aromatic heterocycles. The number of rotatable bonds is 7. The zero-order chi connectivity index (χ0) is 12.0. The van der Waals surface area contributed by atoms with Crippen LogP contribution in [0.3, 0.4) is 0 Å². The van der Waals surface area contributed by atoms with Crippen molar-refractivity contribution in [3.8, 4) is 0 Å². The first-order valence-electron chi connectivity index (χ1n) is 5.42. The van der Waals surface area contributed by atoms with Crippen molar-refractivity contribution < 1.29 is 5.11 Å². The van der Waals surface area contributed by atoms with Gasteiger partial charge in [0.2, 0.25) is 0 Å². The summed E-state index contributed by atoms with van der Waals surface area (Å²) >= 11 is 3.33. The van der Waals surface area contributed by atoms with E-state index >= 15 is 0 Å². The van der Waals surface area contributed by atoms with Crippen LogP contribution in [0.5, 0.6) is 0 Å². The molecule has 6 heteroatoms. The molecule has 3 N–H and O–H groups in total. The van der Waals surface area contributed by atoms with Crippen LogP contribution in [0.4, 0.5) is 0 Å². The lowest BCUT2D eigenvalue weighted by Gasteiger charge is -2.25. The molecule has 0 fully saturated rings. The van der Waals surface area contributed by atoms with Crippen LogP contribution < -0.4 is 5.73 Å². The van der Waals surface area contributed by atoms with Gasteiger partial charge in [0.25, 0.3) is 0 Å². The molecule has 1 unspecified atom stereocenters. The summed E-state index contributed by atoms with van der Waals surface area (Å²) in [5.41, 5.74) is 5.59. The van der Waals surface area contributed by atoms with E-state index in [9.17, 15) is 0 Å². The number of aliphatic hydroxyl groups excluding tert-OH is 1. The van der Waals surface area contributed by atoms with E-state index < -0.39 is 5.54 Å². The predicted molar refractivity (Wildman–Crippen MR) is 68.9 cm³/mol. The van der Waals surface area contributed by atoms with Gasteiger partial charge in [-0.05, 0) is 26.2 Å². The van der Waals surface area contributed by atoms with Gasteiger partial charge in [0.1, 0.15) is 5.01 Å². The van der Waals surface area contributed by atoms with Gasteiger partial charge in [-0.15, -0.1) is 10.2 Å². The lowest BCUT2D eigenvalue weighted by atomic mass is 9.93. The lowest BCUT2D eigenvalue weighted by molar-refractivity contribution is 0.182. The first-order valence-corrected chi connectivity index (χ1v) is 7.22. The van der Waals surface area contributed by atoms with Gasteiger partial charge >= 0.3 is 0 Å². The molecule has 0 saturated heterocycles. The fraction of sp³-hybridized carbons (Fsp3) is 0.800.